The van der Waals surface area contributed by atoms with Gasteiger partial charge >= 0.3 is 0 Å². The Kier molecular flexibility index (Phi) is 12.3. The second-order valence-corrected chi connectivity index (χ2v) is 8.56. The van der Waals surface area contributed by atoms with Gasteiger partial charge in [-0.2, -0.15) is 6.42 Å². The molecule has 2 aliphatic rings. The van der Waals surface area contributed by atoms with E-state index in [1.807, 2.05) is 6.92 Å². The fourth-order valence-corrected chi connectivity index (χ4v) is 5.52. The van der Waals surface area contributed by atoms with Crippen LogP contribution in [-0.2, 0) is 41.8 Å². The zero-order valence-corrected chi connectivity index (χ0v) is 21.0. The molecule has 0 saturated heterocycles. The summed E-state index contributed by atoms with van der Waals surface area (Å²) in [4.78, 5) is 0. The van der Waals surface area contributed by atoms with Gasteiger partial charge in [0.1, 0.15) is 0 Å². The molecule has 0 aromatic carbocycles. The predicted molar refractivity (Wildman–Crippen MR) is 109 cm³/mol. The molecular weight excluding hydrogens is 435 g/mol. The summed E-state index contributed by atoms with van der Waals surface area (Å²) in [5.74, 6) is 8.15. The van der Waals surface area contributed by atoms with Crippen molar-refractivity contribution in [3.05, 3.63) is 30.7 Å². The number of fused-ring (bicyclic) bond motifs is 1. The van der Waals surface area contributed by atoms with Crippen LogP contribution in [-0.4, -0.2) is 11.8 Å². The quantitative estimate of drug-likeness (QED) is 0.190. The third-order valence-corrected chi connectivity index (χ3v) is 6.87. The molecule has 26 heavy (non-hydrogen) atoms. The van der Waals surface area contributed by atoms with Crippen LogP contribution in [0.2, 0.25) is 0 Å². The molecule has 0 amide bonds. The van der Waals surface area contributed by atoms with E-state index in [0.717, 1.165) is 32.1 Å². The van der Waals surface area contributed by atoms with E-state index in [4.69, 9.17) is 4.52 Å². The fraction of sp³-hybridized carbons (Fsp3) is 0.667. The van der Waals surface area contributed by atoms with Gasteiger partial charge in [-0.25, -0.2) is 0 Å². The van der Waals surface area contributed by atoms with Crippen molar-refractivity contribution in [1.82, 2.24) is 0 Å². The Hall–Kier alpha value is 0.634. The van der Waals surface area contributed by atoms with Crippen LogP contribution in [0.3, 0.4) is 0 Å². The van der Waals surface area contributed by atoms with Crippen molar-refractivity contribution in [3.8, 4) is 11.8 Å². The molecule has 0 aromatic rings. The maximum absolute atomic E-state index is 11.7. The summed E-state index contributed by atoms with van der Waals surface area (Å²) in [6.07, 6.45) is 13.2. The van der Waals surface area contributed by atoms with Crippen molar-refractivity contribution in [1.29, 1.82) is 0 Å². The first-order valence-electron chi connectivity index (χ1n) is 9.37. The Morgan fingerprint density at radius 3 is 2.85 bits per heavy atom. The molecule has 1 radical (unpaired) electrons. The molecule has 2 fully saturated rings. The molecule has 0 aromatic heterocycles. The molecule has 0 aliphatic heterocycles. The van der Waals surface area contributed by atoms with Crippen molar-refractivity contribution in [2.45, 2.75) is 64.1 Å². The summed E-state index contributed by atoms with van der Waals surface area (Å²) < 4.78 is 17.3. The molecule has 7 atom stereocenters. The van der Waals surface area contributed by atoms with Gasteiger partial charge in [0.15, 0.2) is 8.46 Å². The van der Waals surface area contributed by atoms with Crippen molar-refractivity contribution < 1.29 is 41.8 Å². The van der Waals surface area contributed by atoms with E-state index >= 15 is 0 Å². The van der Waals surface area contributed by atoms with E-state index in [0.29, 0.717) is 32.1 Å². The standard InChI is InChI=1S/C21H31O2P2.Y/c1-4-6-8-15(3)20(23-24)11-10-18-19-13-16(9-7-5-2)12-17(19)14-21(18)25-22;/h9-11,15,17-21H,2,5,7-8,12-14,24H2,1,3H3;/q-1;/b11-10+,16-9+;/t15?,17-,18+,19-,20+,21+;/m0./s1. The molecule has 141 valence electrons. The number of hydrogen-bond donors (Lipinski definition) is 0. The predicted octanol–water partition coefficient (Wildman–Crippen LogP) is 6.01. The van der Waals surface area contributed by atoms with Gasteiger partial charge in [-0.15, -0.1) is 11.8 Å². The van der Waals surface area contributed by atoms with E-state index in [1.54, 1.807) is 5.57 Å². The largest absolute Gasteiger partial charge is 0.358 e. The number of hydrogen-bond acceptors (Lipinski definition) is 2. The van der Waals surface area contributed by atoms with Crippen molar-refractivity contribution in [3.63, 3.8) is 0 Å². The third-order valence-electron chi connectivity index (χ3n) is 5.73. The van der Waals surface area contributed by atoms with Gasteiger partial charge in [0.05, 0.1) is 6.10 Å². The minimum absolute atomic E-state index is 0. The van der Waals surface area contributed by atoms with Gasteiger partial charge in [-0.3, -0.25) is 4.57 Å². The minimum atomic E-state index is 0. The van der Waals surface area contributed by atoms with E-state index in [1.165, 1.54) is 6.42 Å². The zero-order chi connectivity index (χ0) is 18.2. The summed E-state index contributed by atoms with van der Waals surface area (Å²) in [6.45, 7) is 7.97. The summed E-state index contributed by atoms with van der Waals surface area (Å²) in [5.41, 5.74) is 1.85. The molecule has 2 nitrogen and oxygen atoms in total. The van der Waals surface area contributed by atoms with Gasteiger partial charge in [0, 0.05) is 54.3 Å². The Bertz CT molecular complexity index is 564. The van der Waals surface area contributed by atoms with Crippen LogP contribution < -0.4 is 0 Å². The van der Waals surface area contributed by atoms with Crippen LogP contribution in [0.5, 0.6) is 0 Å². The molecule has 2 aliphatic carbocycles. The van der Waals surface area contributed by atoms with Crippen LogP contribution in [0.4, 0.5) is 0 Å². The van der Waals surface area contributed by atoms with Crippen LogP contribution in [0.1, 0.15) is 52.4 Å². The number of allylic oxidation sites excluding steroid dienone is 3. The van der Waals surface area contributed by atoms with E-state index < -0.39 is 0 Å². The molecule has 5 heteroatoms. The van der Waals surface area contributed by atoms with E-state index in [-0.39, 0.29) is 44.5 Å². The maximum Gasteiger partial charge on any atom is 0.159 e. The third kappa shape index (κ3) is 6.61. The molecule has 0 spiro atoms. The van der Waals surface area contributed by atoms with Gasteiger partial charge < -0.3 is 11.4 Å². The average molecular weight is 466 g/mol. The topological polar surface area (TPSA) is 26.3 Å². The molecule has 0 N–H and O–H groups in total. The maximum atomic E-state index is 11.7. The average Bonchev–Trinajstić information content (AvgIpc) is 3.16. The Balaban J connectivity index is 0.00000338. The van der Waals surface area contributed by atoms with Crippen LogP contribution >= 0.6 is 17.9 Å². The van der Waals surface area contributed by atoms with Crippen molar-refractivity contribution in [2.75, 3.05) is 0 Å². The minimum Gasteiger partial charge on any atom is -0.358 e. The first-order chi connectivity index (χ1) is 12.1. The van der Waals surface area contributed by atoms with Gasteiger partial charge in [-0.1, -0.05) is 37.1 Å². The van der Waals surface area contributed by atoms with Crippen LogP contribution in [0, 0.1) is 42.4 Å². The SMILES string of the molecule is [CH2-]CC/C=C1\C[C@H]2C[C@@H](P=O)[C@H](/C=C/[C@@H](OP)C(C)CC#CC)[C@H]2C1.[Y]. The Morgan fingerprint density at radius 1 is 1.46 bits per heavy atom. The normalized spacial score (nSPS) is 31.5. The second kappa shape index (κ2) is 13.0. The smallest absolute Gasteiger partial charge is 0.159 e. The summed E-state index contributed by atoms with van der Waals surface area (Å²) in [5, 5.41) is 0. The van der Waals surface area contributed by atoms with Crippen molar-refractivity contribution in [2.24, 2.45) is 23.7 Å². The van der Waals surface area contributed by atoms with Gasteiger partial charge in [-0.05, 0) is 49.9 Å². The molecular formula is C21H31O2P2Y-. The summed E-state index contributed by atoms with van der Waals surface area (Å²) >= 11 is 0. The molecule has 0 heterocycles. The van der Waals surface area contributed by atoms with Crippen LogP contribution in [0.15, 0.2) is 23.8 Å². The fourth-order valence-electron chi connectivity index (χ4n) is 4.35. The molecule has 2 unspecified atom stereocenters. The second-order valence-electron chi connectivity index (χ2n) is 7.42. The monoisotopic (exact) mass is 466 g/mol. The van der Waals surface area contributed by atoms with Crippen LogP contribution in [0.25, 0.3) is 0 Å². The molecule has 0 bridgehead atoms. The van der Waals surface area contributed by atoms with E-state index in [9.17, 15) is 4.57 Å². The van der Waals surface area contributed by atoms with Gasteiger partial charge in [0.2, 0.25) is 0 Å². The van der Waals surface area contributed by atoms with Gasteiger partial charge in [0.25, 0.3) is 0 Å². The zero-order valence-electron chi connectivity index (χ0n) is 16.1. The Labute approximate surface area is 189 Å². The summed E-state index contributed by atoms with van der Waals surface area (Å²) in [7, 11) is 2.68. The molecule has 2 saturated carbocycles. The first kappa shape index (κ1) is 24.7. The number of rotatable bonds is 8. The summed E-state index contributed by atoms with van der Waals surface area (Å²) in [6, 6.07) is 0. The first-order valence-corrected chi connectivity index (χ1v) is 10.7. The van der Waals surface area contributed by atoms with Crippen molar-refractivity contribution >= 4 is 17.9 Å². The molecule has 2 rings (SSSR count). The van der Waals surface area contributed by atoms with E-state index in [2.05, 4.69) is 53.4 Å². The Morgan fingerprint density at radius 2 is 2.23 bits per heavy atom. The number of unbranched alkanes of at least 4 members (excludes halogenated alkanes) is 1.